The van der Waals surface area contributed by atoms with Gasteiger partial charge < -0.3 is 9.73 Å². The van der Waals surface area contributed by atoms with Crippen molar-refractivity contribution in [1.82, 2.24) is 20.2 Å². The maximum absolute atomic E-state index is 12.5. The van der Waals surface area contributed by atoms with Crippen LogP contribution in [0.3, 0.4) is 0 Å². The molecule has 0 aliphatic heterocycles. The molecule has 0 atom stereocenters. The molecule has 3 aromatic rings. The molecule has 1 aromatic carbocycles. The molecule has 1 aliphatic carbocycles. The van der Waals surface area contributed by atoms with Gasteiger partial charge in [0.05, 0.1) is 11.1 Å². The smallest absolute Gasteiger partial charge is 0.314 e. The Kier molecular flexibility index (Phi) is 3.84. The molecule has 0 radical (unpaired) electrons. The number of hydrogen-bond donors (Lipinski definition) is 1. The summed E-state index contributed by atoms with van der Waals surface area (Å²) >= 11 is 6.28. The van der Waals surface area contributed by atoms with Gasteiger partial charge in [-0.3, -0.25) is 0 Å². The highest BCUT2D eigenvalue weighted by atomic mass is 35.5. The average Bonchev–Trinajstić information content (AvgIpc) is 3.20. The van der Waals surface area contributed by atoms with Crippen molar-refractivity contribution in [3.63, 3.8) is 0 Å². The number of nitrogens with zero attached hydrogens (tertiary/aromatic N) is 4. The summed E-state index contributed by atoms with van der Waals surface area (Å²) in [5.74, 6) is -0.364. The van der Waals surface area contributed by atoms with E-state index in [-0.39, 0.29) is 11.4 Å². The number of hydrogen-bond acceptors (Lipinski definition) is 6. The highest BCUT2D eigenvalue weighted by Gasteiger charge is 2.46. The quantitative estimate of drug-likeness (QED) is 0.731. The molecular formula is C16H12ClF2N5O. The Morgan fingerprint density at radius 1 is 1.12 bits per heavy atom. The molecule has 1 fully saturated rings. The third-order valence-electron chi connectivity index (χ3n) is 4.02. The lowest BCUT2D eigenvalue weighted by Crippen LogP contribution is -2.20. The molecular weight excluding hydrogens is 352 g/mol. The second kappa shape index (κ2) is 6.03. The van der Waals surface area contributed by atoms with E-state index in [0.29, 0.717) is 16.5 Å². The van der Waals surface area contributed by atoms with Crippen LogP contribution in [0.15, 0.2) is 41.1 Å². The molecule has 2 heterocycles. The van der Waals surface area contributed by atoms with E-state index in [2.05, 4.69) is 25.5 Å². The molecule has 0 amide bonds. The van der Waals surface area contributed by atoms with Gasteiger partial charge in [-0.25, -0.2) is 9.97 Å². The molecule has 1 aliphatic rings. The number of nitrogens with one attached hydrogen (secondary N) is 1. The van der Waals surface area contributed by atoms with Gasteiger partial charge in [-0.2, -0.15) is 8.78 Å². The number of benzene rings is 1. The zero-order valence-corrected chi connectivity index (χ0v) is 13.5. The van der Waals surface area contributed by atoms with Gasteiger partial charge in [-0.15, -0.1) is 10.2 Å². The summed E-state index contributed by atoms with van der Waals surface area (Å²) in [5.41, 5.74) is 1.10. The predicted octanol–water partition coefficient (Wildman–Crippen LogP) is 4.22. The molecule has 6 nitrogen and oxygen atoms in total. The Morgan fingerprint density at radius 2 is 1.84 bits per heavy atom. The summed E-state index contributed by atoms with van der Waals surface area (Å²) in [5, 5.41) is 10.8. The van der Waals surface area contributed by atoms with E-state index >= 15 is 0 Å². The second-order valence-corrected chi connectivity index (χ2v) is 6.14. The minimum atomic E-state index is -2.81. The number of alkyl halides is 2. The van der Waals surface area contributed by atoms with Crippen molar-refractivity contribution in [2.75, 3.05) is 5.32 Å². The standard InChI is InChI=1S/C16H12ClF2N5O/c17-11-4-2-1-3-10(11)16(5-6-16)22-15-20-7-9(8-21-15)13-23-24-14(25-13)12(18)19/h1-4,7-8,12H,5-6H2,(H,20,21,22). The topological polar surface area (TPSA) is 76.7 Å². The van der Waals surface area contributed by atoms with Crippen molar-refractivity contribution in [3.05, 3.63) is 53.1 Å². The maximum Gasteiger partial charge on any atom is 0.314 e. The zero-order valence-electron chi connectivity index (χ0n) is 12.8. The summed E-state index contributed by atoms with van der Waals surface area (Å²) in [6.45, 7) is 0. The van der Waals surface area contributed by atoms with E-state index in [1.807, 2.05) is 24.3 Å². The van der Waals surface area contributed by atoms with Crippen LogP contribution in [0.5, 0.6) is 0 Å². The Hall–Kier alpha value is -2.61. The Morgan fingerprint density at radius 3 is 2.44 bits per heavy atom. The van der Waals surface area contributed by atoms with Crippen molar-refractivity contribution < 1.29 is 13.2 Å². The third-order valence-corrected chi connectivity index (χ3v) is 4.35. The number of halogens is 3. The van der Waals surface area contributed by atoms with Crippen molar-refractivity contribution >= 4 is 17.5 Å². The van der Waals surface area contributed by atoms with Gasteiger partial charge in [-0.05, 0) is 24.5 Å². The van der Waals surface area contributed by atoms with Crippen LogP contribution in [0.1, 0.15) is 30.7 Å². The molecule has 1 N–H and O–H groups in total. The largest absolute Gasteiger partial charge is 0.415 e. The number of rotatable bonds is 5. The van der Waals surface area contributed by atoms with Gasteiger partial charge in [0.15, 0.2) is 0 Å². The van der Waals surface area contributed by atoms with E-state index in [0.717, 1.165) is 18.4 Å². The van der Waals surface area contributed by atoms with Gasteiger partial charge in [0.25, 0.3) is 11.8 Å². The lowest BCUT2D eigenvalue weighted by atomic mass is 10.1. The molecule has 2 aromatic heterocycles. The van der Waals surface area contributed by atoms with E-state index in [1.54, 1.807) is 0 Å². The fourth-order valence-electron chi connectivity index (χ4n) is 2.59. The van der Waals surface area contributed by atoms with Gasteiger partial charge >= 0.3 is 6.43 Å². The maximum atomic E-state index is 12.5. The van der Waals surface area contributed by atoms with Crippen LogP contribution in [-0.4, -0.2) is 20.2 Å². The van der Waals surface area contributed by atoms with Crippen molar-refractivity contribution in [2.24, 2.45) is 0 Å². The average molecular weight is 364 g/mol. The van der Waals surface area contributed by atoms with Crippen molar-refractivity contribution in [3.8, 4) is 11.5 Å². The van der Waals surface area contributed by atoms with Crippen LogP contribution in [0, 0.1) is 0 Å². The lowest BCUT2D eigenvalue weighted by molar-refractivity contribution is 0.116. The first kappa shape index (κ1) is 15.9. The Labute approximate surface area is 146 Å². The van der Waals surface area contributed by atoms with E-state index in [9.17, 15) is 8.78 Å². The van der Waals surface area contributed by atoms with Crippen molar-refractivity contribution in [2.45, 2.75) is 24.8 Å². The predicted molar refractivity (Wildman–Crippen MR) is 86.3 cm³/mol. The second-order valence-electron chi connectivity index (χ2n) is 5.73. The first-order chi connectivity index (χ1) is 12.1. The molecule has 25 heavy (non-hydrogen) atoms. The molecule has 0 unspecified atom stereocenters. The fraction of sp³-hybridized carbons (Fsp3) is 0.250. The van der Waals surface area contributed by atoms with E-state index < -0.39 is 12.3 Å². The number of anilines is 1. The SMILES string of the molecule is FC(F)c1nnc(-c2cnc(NC3(c4ccccc4Cl)CC3)nc2)o1. The van der Waals surface area contributed by atoms with Crippen LogP contribution < -0.4 is 5.32 Å². The van der Waals surface area contributed by atoms with Crippen LogP contribution in [0.25, 0.3) is 11.5 Å². The minimum Gasteiger partial charge on any atom is -0.415 e. The fourth-order valence-corrected chi connectivity index (χ4v) is 2.91. The summed E-state index contributed by atoms with van der Waals surface area (Å²) in [6, 6.07) is 7.63. The molecule has 9 heteroatoms. The Bertz CT molecular complexity index is 896. The van der Waals surface area contributed by atoms with Gasteiger partial charge in [0.1, 0.15) is 0 Å². The van der Waals surface area contributed by atoms with Gasteiger partial charge in [-0.1, -0.05) is 29.8 Å². The summed E-state index contributed by atoms with van der Waals surface area (Å²) < 4.78 is 29.9. The number of aromatic nitrogens is 4. The van der Waals surface area contributed by atoms with Crippen LogP contribution >= 0.6 is 11.6 Å². The van der Waals surface area contributed by atoms with Gasteiger partial charge in [0, 0.05) is 17.4 Å². The Balaban J connectivity index is 1.54. The summed E-state index contributed by atoms with van der Waals surface area (Å²) in [6.07, 6.45) is 1.92. The lowest BCUT2D eigenvalue weighted by Gasteiger charge is -2.19. The van der Waals surface area contributed by atoms with Crippen LogP contribution in [0.4, 0.5) is 14.7 Å². The van der Waals surface area contributed by atoms with Crippen LogP contribution in [0.2, 0.25) is 5.02 Å². The van der Waals surface area contributed by atoms with Crippen LogP contribution in [-0.2, 0) is 5.54 Å². The third kappa shape index (κ3) is 3.05. The molecule has 4 rings (SSSR count). The van der Waals surface area contributed by atoms with E-state index in [1.165, 1.54) is 12.4 Å². The molecule has 0 bridgehead atoms. The molecule has 0 saturated heterocycles. The minimum absolute atomic E-state index is 0.0471. The molecule has 128 valence electrons. The summed E-state index contributed by atoms with van der Waals surface area (Å²) in [4.78, 5) is 8.42. The van der Waals surface area contributed by atoms with E-state index in [4.69, 9.17) is 16.0 Å². The first-order valence-electron chi connectivity index (χ1n) is 7.54. The highest BCUT2D eigenvalue weighted by Crippen LogP contribution is 2.49. The highest BCUT2D eigenvalue weighted by molar-refractivity contribution is 6.31. The normalized spacial score (nSPS) is 15.4. The summed E-state index contributed by atoms with van der Waals surface area (Å²) in [7, 11) is 0. The monoisotopic (exact) mass is 363 g/mol. The van der Waals surface area contributed by atoms with Gasteiger partial charge in [0.2, 0.25) is 5.95 Å². The first-order valence-corrected chi connectivity index (χ1v) is 7.92. The van der Waals surface area contributed by atoms with Crippen molar-refractivity contribution in [1.29, 1.82) is 0 Å². The zero-order chi connectivity index (χ0) is 17.4. The molecule has 0 spiro atoms. The molecule has 1 saturated carbocycles.